The van der Waals surface area contributed by atoms with Crippen molar-refractivity contribution in [1.82, 2.24) is 19.5 Å². The standard InChI is InChI=1S/C47H28N4O.C2H6/c1-2-12-30(13-3-1)45-48-46(35-22-21-29-11-4-5-14-31(29)25-35)50-47(49-45)51-41-28-33-16-7-6-15-32(33)26-39(41)38-19-10-18-36(44(38)51)34-23-24-43-40(27-34)37-17-8-9-20-42(37)52-43;1-2/h1-28H;1-2H3. The summed E-state index contributed by atoms with van der Waals surface area (Å²) >= 11 is 0. The van der Waals surface area contributed by atoms with Gasteiger partial charge >= 0.3 is 0 Å². The molecule has 5 heteroatoms. The minimum atomic E-state index is 0.564. The average molecular weight is 695 g/mol. The summed E-state index contributed by atoms with van der Waals surface area (Å²) in [5.41, 5.74) is 7.85. The maximum absolute atomic E-state index is 6.22. The van der Waals surface area contributed by atoms with Crippen LogP contribution < -0.4 is 0 Å². The third kappa shape index (κ3) is 5.13. The molecule has 11 aromatic rings. The Kier molecular flexibility index (Phi) is 7.51. The van der Waals surface area contributed by atoms with Gasteiger partial charge in [-0.25, -0.2) is 4.98 Å². The largest absolute Gasteiger partial charge is 0.456 e. The second kappa shape index (κ2) is 12.8. The number of hydrogen-bond acceptors (Lipinski definition) is 4. The molecule has 8 aromatic carbocycles. The Balaban J connectivity index is 0.00000178. The minimum absolute atomic E-state index is 0.564. The molecule has 54 heavy (non-hydrogen) atoms. The van der Waals surface area contributed by atoms with E-state index in [1.807, 2.05) is 44.2 Å². The number of rotatable bonds is 4. The van der Waals surface area contributed by atoms with Crippen molar-refractivity contribution in [3.63, 3.8) is 0 Å². The molecule has 0 fully saturated rings. The SMILES string of the molecule is CC.c1ccc(-c2nc(-c3ccc4ccccc4c3)nc(-n3c4cc5ccccc5cc4c4cccc(-c5ccc6oc7ccccc7c6c5)c43)n2)cc1. The van der Waals surface area contributed by atoms with Gasteiger partial charge in [0.15, 0.2) is 11.6 Å². The topological polar surface area (TPSA) is 56.7 Å². The molecule has 3 aromatic heterocycles. The molecular formula is C49H34N4O. The van der Waals surface area contributed by atoms with Crippen LogP contribution >= 0.6 is 0 Å². The van der Waals surface area contributed by atoms with Crippen LogP contribution in [0.25, 0.3) is 105 Å². The first kappa shape index (κ1) is 31.6. The van der Waals surface area contributed by atoms with Crippen molar-refractivity contribution in [2.24, 2.45) is 0 Å². The van der Waals surface area contributed by atoms with Crippen molar-refractivity contribution in [2.45, 2.75) is 13.8 Å². The second-order valence-electron chi connectivity index (χ2n) is 13.3. The van der Waals surface area contributed by atoms with Gasteiger partial charge < -0.3 is 4.42 Å². The first-order valence-corrected chi connectivity index (χ1v) is 18.4. The Hall–Kier alpha value is -7.11. The number of fused-ring (bicyclic) bond motifs is 8. The molecule has 11 rings (SSSR count). The van der Waals surface area contributed by atoms with Crippen molar-refractivity contribution >= 4 is 65.3 Å². The van der Waals surface area contributed by atoms with Gasteiger partial charge in [0.1, 0.15) is 11.2 Å². The van der Waals surface area contributed by atoms with Gasteiger partial charge in [-0.1, -0.05) is 147 Å². The highest BCUT2D eigenvalue weighted by Crippen LogP contribution is 2.41. The Labute approximate surface area is 311 Å². The third-order valence-electron chi connectivity index (χ3n) is 10.2. The molecule has 0 aliphatic rings. The first-order chi connectivity index (χ1) is 26.7. The molecule has 0 saturated carbocycles. The number of aromatic nitrogens is 4. The van der Waals surface area contributed by atoms with Gasteiger partial charge in [-0.3, -0.25) is 4.57 Å². The van der Waals surface area contributed by atoms with Crippen LogP contribution in [0.5, 0.6) is 0 Å². The van der Waals surface area contributed by atoms with Crippen LogP contribution in [0.1, 0.15) is 13.8 Å². The highest BCUT2D eigenvalue weighted by Gasteiger charge is 2.22. The average Bonchev–Trinajstić information content (AvgIpc) is 3.78. The number of furan rings is 1. The van der Waals surface area contributed by atoms with Crippen LogP contribution in [0.15, 0.2) is 174 Å². The lowest BCUT2D eigenvalue weighted by atomic mass is 9.99. The quantitative estimate of drug-likeness (QED) is 0.184. The summed E-state index contributed by atoms with van der Waals surface area (Å²) < 4.78 is 8.46. The monoisotopic (exact) mass is 694 g/mol. The number of benzene rings is 8. The lowest BCUT2D eigenvalue weighted by Gasteiger charge is -2.13. The van der Waals surface area contributed by atoms with E-state index >= 15 is 0 Å². The molecule has 0 unspecified atom stereocenters. The Morgan fingerprint density at radius 2 is 1.04 bits per heavy atom. The molecule has 0 aliphatic heterocycles. The van der Waals surface area contributed by atoms with Crippen LogP contribution in [-0.4, -0.2) is 19.5 Å². The molecular weight excluding hydrogens is 661 g/mol. The summed E-state index contributed by atoms with van der Waals surface area (Å²) in [5, 5.41) is 9.10. The van der Waals surface area contributed by atoms with Gasteiger partial charge in [-0.05, 0) is 63.5 Å². The maximum Gasteiger partial charge on any atom is 0.238 e. The van der Waals surface area contributed by atoms with E-state index in [1.54, 1.807) is 0 Å². The van der Waals surface area contributed by atoms with Crippen LogP contribution in [0.4, 0.5) is 0 Å². The van der Waals surface area contributed by atoms with Gasteiger partial charge in [0.05, 0.1) is 11.0 Å². The van der Waals surface area contributed by atoms with Gasteiger partial charge in [0.2, 0.25) is 5.95 Å². The Morgan fingerprint density at radius 1 is 0.407 bits per heavy atom. The fourth-order valence-electron chi connectivity index (χ4n) is 7.72. The summed E-state index contributed by atoms with van der Waals surface area (Å²) in [4.78, 5) is 15.7. The first-order valence-electron chi connectivity index (χ1n) is 18.4. The van der Waals surface area contributed by atoms with Gasteiger partial charge in [0, 0.05) is 38.2 Å². The number of para-hydroxylation sites is 2. The van der Waals surface area contributed by atoms with Crippen molar-refractivity contribution < 1.29 is 4.42 Å². The van der Waals surface area contributed by atoms with Crippen LogP contribution in [0.2, 0.25) is 0 Å². The van der Waals surface area contributed by atoms with Gasteiger partial charge in [-0.2, -0.15) is 9.97 Å². The van der Waals surface area contributed by atoms with Crippen molar-refractivity contribution in [1.29, 1.82) is 0 Å². The zero-order chi connectivity index (χ0) is 36.2. The predicted octanol–water partition coefficient (Wildman–Crippen LogP) is 13.2. The lowest BCUT2D eigenvalue weighted by molar-refractivity contribution is 0.669. The van der Waals surface area contributed by atoms with E-state index in [9.17, 15) is 0 Å². The summed E-state index contributed by atoms with van der Waals surface area (Å²) in [5.74, 6) is 1.80. The number of hydrogen-bond donors (Lipinski definition) is 0. The zero-order valence-corrected chi connectivity index (χ0v) is 29.9. The van der Waals surface area contributed by atoms with E-state index in [1.165, 1.54) is 10.8 Å². The minimum Gasteiger partial charge on any atom is -0.456 e. The van der Waals surface area contributed by atoms with E-state index in [0.29, 0.717) is 17.6 Å². The number of nitrogens with zero attached hydrogens (tertiary/aromatic N) is 4. The molecule has 0 atom stereocenters. The predicted molar refractivity (Wildman–Crippen MR) is 224 cm³/mol. The smallest absolute Gasteiger partial charge is 0.238 e. The third-order valence-corrected chi connectivity index (χ3v) is 10.2. The zero-order valence-electron chi connectivity index (χ0n) is 29.9. The molecule has 0 aliphatic carbocycles. The van der Waals surface area contributed by atoms with Crippen LogP contribution in [0, 0.1) is 0 Å². The normalized spacial score (nSPS) is 11.5. The summed E-state index contributed by atoms with van der Waals surface area (Å²) in [7, 11) is 0. The molecule has 3 heterocycles. The molecule has 0 bridgehead atoms. The van der Waals surface area contributed by atoms with E-state index in [4.69, 9.17) is 19.4 Å². The summed E-state index contributed by atoms with van der Waals surface area (Å²) in [6.45, 7) is 4.00. The second-order valence-corrected chi connectivity index (χ2v) is 13.3. The van der Waals surface area contributed by atoms with Crippen molar-refractivity contribution in [3.05, 3.63) is 170 Å². The molecule has 256 valence electrons. The molecule has 0 amide bonds. The molecule has 0 spiro atoms. The van der Waals surface area contributed by atoms with E-state index in [0.717, 1.165) is 76.8 Å². The lowest BCUT2D eigenvalue weighted by Crippen LogP contribution is -2.07. The summed E-state index contributed by atoms with van der Waals surface area (Å²) in [6.07, 6.45) is 0. The highest BCUT2D eigenvalue weighted by molar-refractivity contribution is 6.17. The maximum atomic E-state index is 6.22. The fraction of sp³-hybridized carbons (Fsp3) is 0.0408. The van der Waals surface area contributed by atoms with Crippen molar-refractivity contribution in [2.75, 3.05) is 0 Å². The van der Waals surface area contributed by atoms with E-state index < -0.39 is 0 Å². The molecule has 0 N–H and O–H groups in total. The molecule has 0 saturated heterocycles. The van der Waals surface area contributed by atoms with Gasteiger partial charge in [-0.15, -0.1) is 0 Å². The molecule has 0 radical (unpaired) electrons. The highest BCUT2D eigenvalue weighted by atomic mass is 16.3. The van der Waals surface area contributed by atoms with E-state index in [-0.39, 0.29) is 0 Å². The molecule has 5 nitrogen and oxygen atoms in total. The Morgan fingerprint density at radius 3 is 1.85 bits per heavy atom. The van der Waals surface area contributed by atoms with Crippen molar-refractivity contribution in [3.8, 4) is 39.9 Å². The van der Waals surface area contributed by atoms with Crippen LogP contribution in [0.3, 0.4) is 0 Å². The fourth-order valence-corrected chi connectivity index (χ4v) is 7.72. The van der Waals surface area contributed by atoms with Gasteiger partial charge in [0.25, 0.3) is 0 Å². The Bertz CT molecular complexity index is 3190. The summed E-state index contributed by atoms with van der Waals surface area (Å²) in [6, 6.07) is 59.3. The van der Waals surface area contributed by atoms with Crippen LogP contribution in [-0.2, 0) is 0 Å². The van der Waals surface area contributed by atoms with E-state index in [2.05, 4.69) is 144 Å².